The number of esters is 1. The molecule has 6 heteroatoms. The van der Waals surface area contributed by atoms with Crippen LogP contribution in [-0.2, 0) is 16.0 Å². The van der Waals surface area contributed by atoms with Crippen molar-refractivity contribution in [3.63, 3.8) is 0 Å². The number of carbonyl (C=O) groups excluding carboxylic acids is 2. The lowest BCUT2D eigenvalue weighted by molar-refractivity contribution is -0.129. The molecule has 1 amide bonds. The van der Waals surface area contributed by atoms with Gasteiger partial charge in [-0.3, -0.25) is 9.59 Å². The number of fused-ring (bicyclic) bond motifs is 1. The van der Waals surface area contributed by atoms with Crippen molar-refractivity contribution in [1.29, 1.82) is 0 Å². The van der Waals surface area contributed by atoms with Crippen molar-refractivity contribution in [2.75, 3.05) is 0 Å². The Morgan fingerprint density at radius 1 is 1.03 bits per heavy atom. The summed E-state index contributed by atoms with van der Waals surface area (Å²) in [5.41, 5.74) is 1.48. The summed E-state index contributed by atoms with van der Waals surface area (Å²) in [6, 6.07) is 18.1. The summed E-state index contributed by atoms with van der Waals surface area (Å²) in [6.07, 6.45) is 0.643. The minimum absolute atomic E-state index is 0.0655. The van der Waals surface area contributed by atoms with E-state index in [1.165, 1.54) is 18.6 Å². The molecule has 3 rings (SSSR count). The largest absolute Gasteiger partial charge is 0.449 e. The van der Waals surface area contributed by atoms with Crippen LogP contribution >= 0.6 is 0 Å². The lowest BCUT2D eigenvalue weighted by Crippen LogP contribution is -2.41. The van der Waals surface area contributed by atoms with E-state index in [2.05, 4.69) is 10.3 Å². The number of para-hydroxylation sites is 1. The number of aryl methyl sites for hydroxylation is 1. The van der Waals surface area contributed by atoms with Crippen LogP contribution in [0.4, 0.5) is 0 Å². The third-order valence-electron chi connectivity index (χ3n) is 4.72. The molecule has 2 atom stereocenters. The van der Waals surface area contributed by atoms with Crippen LogP contribution in [0.5, 0.6) is 0 Å². The average Bonchev–Trinajstić information content (AvgIpc) is 2.72. The number of hydrogen-bond acceptors (Lipinski definition) is 4. The van der Waals surface area contributed by atoms with Gasteiger partial charge in [0.25, 0.3) is 5.91 Å². The molecule has 2 aromatic carbocycles. The van der Waals surface area contributed by atoms with Crippen molar-refractivity contribution >= 4 is 22.8 Å². The maximum atomic E-state index is 12.6. The maximum absolute atomic E-state index is 12.6. The number of H-pyrrole nitrogens is 1. The number of nitrogens with one attached hydrogen (secondary N) is 2. The lowest BCUT2D eigenvalue weighted by Gasteiger charge is -2.18. The fourth-order valence-electron chi connectivity index (χ4n) is 3.11. The molecule has 1 heterocycles. The number of hydrogen-bond donors (Lipinski definition) is 2. The molecular formula is C23H24N2O4. The number of ether oxygens (including phenoxy) is 1. The molecule has 0 spiro atoms. The molecule has 0 radical (unpaired) electrons. The zero-order valence-corrected chi connectivity index (χ0v) is 16.5. The molecule has 3 aromatic rings. The Morgan fingerprint density at radius 3 is 2.48 bits per heavy atom. The van der Waals surface area contributed by atoms with Gasteiger partial charge in [-0.25, -0.2) is 4.79 Å². The standard InChI is InChI=1S/C23H24N2O4/c1-15(12-13-17-8-4-3-5-9-17)24-22(27)16(2)29-23(28)19-14-21(26)25-20-11-7-6-10-18(19)20/h3-11,14-16H,12-13H2,1-2H3,(H,24,27)(H,25,26)/t15-,16+/m0/s1. The zero-order valence-electron chi connectivity index (χ0n) is 16.5. The molecule has 6 nitrogen and oxygen atoms in total. The third kappa shape index (κ3) is 5.31. The molecule has 150 valence electrons. The van der Waals surface area contributed by atoms with Gasteiger partial charge in [0.2, 0.25) is 5.56 Å². The maximum Gasteiger partial charge on any atom is 0.339 e. The molecule has 0 aliphatic carbocycles. The first-order chi connectivity index (χ1) is 13.9. The molecule has 2 N–H and O–H groups in total. The molecule has 0 fully saturated rings. The number of benzene rings is 2. The van der Waals surface area contributed by atoms with Crippen molar-refractivity contribution in [3.05, 3.63) is 82.1 Å². The average molecular weight is 392 g/mol. The van der Waals surface area contributed by atoms with Gasteiger partial charge >= 0.3 is 5.97 Å². The molecule has 0 saturated carbocycles. The molecule has 0 bridgehead atoms. The summed E-state index contributed by atoms with van der Waals surface area (Å²) in [5, 5.41) is 3.44. The summed E-state index contributed by atoms with van der Waals surface area (Å²) >= 11 is 0. The minimum atomic E-state index is -0.972. The predicted octanol–water partition coefficient (Wildman–Crippen LogP) is 3.21. The summed E-state index contributed by atoms with van der Waals surface area (Å²) in [4.78, 5) is 39.5. The van der Waals surface area contributed by atoms with Gasteiger partial charge in [-0.15, -0.1) is 0 Å². The van der Waals surface area contributed by atoms with E-state index in [4.69, 9.17) is 4.74 Å². The minimum Gasteiger partial charge on any atom is -0.449 e. The van der Waals surface area contributed by atoms with Crippen molar-refractivity contribution < 1.29 is 14.3 Å². The number of pyridine rings is 1. The smallest absolute Gasteiger partial charge is 0.339 e. The Balaban J connectivity index is 1.59. The third-order valence-corrected chi connectivity index (χ3v) is 4.72. The van der Waals surface area contributed by atoms with Crippen molar-refractivity contribution in [2.45, 2.75) is 38.8 Å². The van der Waals surface area contributed by atoms with Crippen LogP contribution in [0, 0.1) is 0 Å². The van der Waals surface area contributed by atoms with Crippen molar-refractivity contribution in [3.8, 4) is 0 Å². The molecule has 0 aliphatic heterocycles. The second-order valence-corrected chi connectivity index (χ2v) is 7.07. The monoisotopic (exact) mass is 392 g/mol. The lowest BCUT2D eigenvalue weighted by atomic mass is 10.1. The first-order valence-corrected chi connectivity index (χ1v) is 9.61. The molecule has 1 aromatic heterocycles. The van der Waals surface area contributed by atoms with E-state index in [9.17, 15) is 14.4 Å². The molecule has 0 aliphatic rings. The van der Waals surface area contributed by atoms with Crippen LogP contribution in [0.25, 0.3) is 10.9 Å². The highest BCUT2D eigenvalue weighted by atomic mass is 16.5. The highest BCUT2D eigenvalue weighted by molar-refractivity contribution is 6.03. The van der Waals surface area contributed by atoms with E-state index in [-0.39, 0.29) is 17.5 Å². The van der Waals surface area contributed by atoms with Gasteiger partial charge < -0.3 is 15.0 Å². The molecule has 0 saturated heterocycles. The Kier molecular flexibility index (Phi) is 6.44. The normalized spacial score (nSPS) is 12.9. The number of rotatable bonds is 7. The van der Waals surface area contributed by atoms with E-state index >= 15 is 0 Å². The highest BCUT2D eigenvalue weighted by Crippen LogP contribution is 2.16. The van der Waals surface area contributed by atoms with Crippen molar-refractivity contribution in [2.24, 2.45) is 0 Å². The van der Waals surface area contributed by atoms with E-state index in [0.717, 1.165) is 12.8 Å². The summed E-state index contributed by atoms with van der Waals surface area (Å²) in [5.74, 6) is -1.07. The Hall–Kier alpha value is -3.41. The topological polar surface area (TPSA) is 88.3 Å². The second-order valence-electron chi connectivity index (χ2n) is 7.07. The summed E-state index contributed by atoms with van der Waals surface area (Å²) < 4.78 is 5.32. The zero-order chi connectivity index (χ0) is 20.8. The number of aromatic amines is 1. The molecule has 29 heavy (non-hydrogen) atoms. The predicted molar refractivity (Wildman–Crippen MR) is 112 cm³/mol. The van der Waals surface area contributed by atoms with Crippen LogP contribution in [0.3, 0.4) is 0 Å². The van der Waals surface area contributed by atoms with Crippen LogP contribution in [0.1, 0.15) is 36.2 Å². The fourth-order valence-corrected chi connectivity index (χ4v) is 3.11. The van der Waals surface area contributed by atoms with Gasteiger partial charge in [0.05, 0.1) is 5.56 Å². The van der Waals surface area contributed by atoms with Crippen LogP contribution in [0.2, 0.25) is 0 Å². The number of aromatic nitrogens is 1. The van der Waals surface area contributed by atoms with Gasteiger partial charge in [-0.05, 0) is 38.3 Å². The number of carbonyl (C=O) groups is 2. The van der Waals surface area contributed by atoms with E-state index in [1.54, 1.807) is 24.3 Å². The van der Waals surface area contributed by atoms with Gasteiger partial charge in [-0.1, -0.05) is 48.5 Å². The quantitative estimate of drug-likeness (QED) is 0.605. The first-order valence-electron chi connectivity index (χ1n) is 9.61. The summed E-state index contributed by atoms with van der Waals surface area (Å²) in [6.45, 7) is 3.44. The van der Waals surface area contributed by atoms with Gasteiger partial charge in [0.1, 0.15) is 0 Å². The first kappa shape index (κ1) is 20.3. The van der Waals surface area contributed by atoms with Gasteiger partial charge in [0, 0.05) is 23.0 Å². The summed E-state index contributed by atoms with van der Waals surface area (Å²) in [7, 11) is 0. The van der Waals surface area contributed by atoms with E-state index < -0.39 is 17.6 Å². The van der Waals surface area contributed by atoms with E-state index in [1.807, 2.05) is 37.3 Å². The second kappa shape index (κ2) is 9.19. The van der Waals surface area contributed by atoms with Gasteiger partial charge in [0.15, 0.2) is 6.10 Å². The van der Waals surface area contributed by atoms with Crippen LogP contribution < -0.4 is 10.9 Å². The van der Waals surface area contributed by atoms with Gasteiger partial charge in [-0.2, -0.15) is 0 Å². The number of amides is 1. The SMILES string of the molecule is C[C@@H](CCc1ccccc1)NC(=O)[C@@H](C)OC(=O)c1cc(=O)[nH]c2ccccc12. The highest BCUT2D eigenvalue weighted by Gasteiger charge is 2.22. The van der Waals surface area contributed by atoms with Crippen molar-refractivity contribution in [1.82, 2.24) is 10.3 Å². The fraction of sp³-hybridized carbons (Fsp3) is 0.261. The van der Waals surface area contributed by atoms with Crippen LogP contribution in [0.15, 0.2) is 65.5 Å². The van der Waals surface area contributed by atoms with E-state index in [0.29, 0.717) is 10.9 Å². The van der Waals surface area contributed by atoms with Crippen LogP contribution in [-0.4, -0.2) is 29.0 Å². The Morgan fingerprint density at radius 2 is 1.72 bits per heavy atom. The Bertz CT molecular complexity index is 1060. The Labute approximate surface area is 168 Å². The molecule has 0 unspecified atom stereocenters. The molecular weight excluding hydrogens is 368 g/mol.